The van der Waals surface area contributed by atoms with Gasteiger partial charge in [-0.15, -0.1) is 0 Å². The molecule has 1 aromatic carbocycles. The molecule has 7 rings (SSSR count). The van der Waals surface area contributed by atoms with Crippen molar-refractivity contribution in [2.24, 2.45) is 11.3 Å². The fourth-order valence-corrected chi connectivity index (χ4v) is 8.74. The lowest BCUT2D eigenvalue weighted by Gasteiger charge is -2.74. The fourth-order valence-electron chi connectivity index (χ4n) is 8.74. The molecule has 168 valence electrons. The minimum absolute atomic E-state index is 0.0166. The number of benzene rings is 1. The molecule has 4 aliphatic carbocycles. The average Bonchev–Trinajstić information content (AvgIpc) is 3.08. The second-order valence-electron chi connectivity index (χ2n) is 11.2. The van der Waals surface area contributed by atoms with Crippen LogP contribution in [0.15, 0.2) is 12.1 Å². The van der Waals surface area contributed by atoms with Crippen LogP contribution < -0.4 is 9.47 Å². The highest BCUT2D eigenvalue weighted by molar-refractivity contribution is 5.73. The highest BCUT2D eigenvalue weighted by Crippen LogP contribution is 2.77. The standard InChI is InChI=1S/C25H33NO5/c1-14(27)30-16-7-6-15-12-18-23-8-9-25(29-5,17(13-23)22(2,3)28)21-24(23,10-11-26(18)4)19(15)20(16)31-21/h6-7,17-18,21,28H,8-13H2,1-5H3/t17-,18-,21-,23-,24+,25-/m1/s1. The van der Waals surface area contributed by atoms with Crippen molar-refractivity contribution in [3.05, 3.63) is 23.3 Å². The van der Waals surface area contributed by atoms with E-state index in [1.807, 2.05) is 19.9 Å². The third-order valence-electron chi connectivity index (χ3n) is 9.72. The van der Waals surface area contributed by atoms with Gasteiger partial charge in [-0.3, -0.25) is 4.79 Å². The van der Waals surface area contributed by atoms with Crippen LogP contribution in [0.3, 0.4) is 0 Å². The maximum atomic E-state index is 11.8. The van der Waals surface area contributed by atoms with Gasteiger partial charge in [0.15, 0.2) is 11.5 Å². The Kier molecular flexibility index (Phi) is 3.76. The number of piperidine rings is 1. The van der Waals surface area contributed by atoms with Gasteiger partial charge >= 0.3 is 5.97 Å². The van der Waals surface area contributed by atoms with Gasteiger partial charge in [-0.25, -0.2) is 0 Å². The lowest BCUT2D eigenvalue weighted by Crippen LogP contribution is -2.82. The summed E-state index contributed by atoms with van der Waals surface area (Å²) in [6.07, 6.45) is 4.65. The van der Waals surface area contributed by atoms with Crippen molar-refractivity contribution >= 4 is 5.97 Å². The van der Waals surface area contributed by atoms with Gasteiger partial charge in [-0.2, -0.15) is 0 Å². The molecule has 6 nitrogen and oxygen atoms in total. The Morgan fingerprint density at radius 3 is 2.74 bits per heavy atom. The van der Waals surface area contributed by atoms with E-state index in [0.717, 1.165) is 44.4 Å². The molecule has 3 saturated carbocycles. The molecule has 6 atom stereocenters. The minimum Gasteiger partial charge on any atom is -0.482 e. The van der Waals surface area contributed by atoms with Crippen molar-refractivity contribution in [1.29, 1.82) is 0 Å². The van der Waals surface area contributed by atoms with Gasteiger partial charge in [-0.1, -0.05) is 6.07 Å². The first-order chi connectivity index (χ1) is 14.6. The summed E-state index contributed by atoms with van der Waals surface area (Å²) >= 11 is 0. The number of hydrogen-bond donors (Lipinski definition) is 1. The Labute approximate surface area is 183 Å². The van der Waals surface area contributed by atoms with Crippen molar-refractivity contribution < 1.29 is 24.1 Å². The first-order valence-corrected chi connectivity index (χ1v) is 11.6. The molecule has 0 aromatic heterocycles. The zero-order valence-corrected chi connectivity index (χ0v) is 19.2. The largest absolute Gasteiger partial charge is 0.482 e. The highest BCUT2D eigenvalue weighted by atomic mass is 16.6. The van der Waals surface area contributed by atoms with E-state index in [4.69, 9.17) is 14.2 Å². The first-order valence-electron chi connectivity index (χ1n) is 11.6. The Morgan fingerprint density at radius 2 is 2.06 bits per heavy atom. The number of likely N-dealkylation sites (N-methyl/N-ethyl adjacent to an activating group) is 1. The van der Waals surface area contributed by atoms with Crippen LogP contribution in [0, 0.1) is 11.3 Å². The van der Waals surface area contributed by atoms with Gasteiger partial charge in [0.25, 0.3) is 0 Å². The van der Waals surface area contributed by atoms with Crippen molar-refractivity contribution in [3.8, 4) is 11.5 Å². The fraction of sp³-hybridized carbons (Fsp3) is 0.720. The number of fused-ring (bicyclic) bond motifs is 2. The van der Waals surface area contributed by atoms with E-state index in [1.165, 1.54) is 18.1 Å². The molecule has 2 aliphatic heterocycles. The van der Waals surface area contributed by atoms with Crippen molar-refractivity contribution in [1.82, 2.24) is 4.90 Å². The molecule has 0 amide bonds. The number of methoxy groups -OCH3 is 1. The van der Waals surface area contributed by atoms with E-state index < -0.39 is 11.2 Å². The molecule has 31 heavy (non-hydrogen) atoms. The third-order valence-corrected chi connectivity index (χ3v) is 9.72. The summed E-state index contributed by atoms with van der Waals surface area (Å²) in [6.45, 7) is 6.28. The number of aliphatic hydroxyl groups is 1. The van der Waals surface area contributed by atoms with Crippen LogP contribution in [-0.4, -0.2) is 60.0 Å². The quantitative estimate of drug-likeness (QED) is 0.591. The van der Waals surface area contributed by atoms with Crippen LogP contribution in [0.4, 0.5) is 0 Å². The average molecular weight is 428 g/mol. The van der Waals surface area contributed by atoms with E-state index in [2.05, 4.69) is 18.0 Å². The van der Waals surface area contributed by atoms with Gasteiger partial charge < -0.3 is 24.2 Å². The van der Waals surface area contributed by atoms with Gasteiger partial charge in [0.1, 0.15) is 11.7 Å². The summed E-state index contributed by atoms with van der Waals surface area (Å²) in [5, 5.41) is 11.3. The number of nitrogens with zero attached hydrogens (tertiary/aromatic N) is 1. The summed E-state index contributed by atoms with van der Waals surface area (Å²) in [6, 6.07) is 4.44. The maximum absolute atomic E-state index is 11.8. The van der Waals surface area contributed by atoms with Crippen LogP contribution in [0.5, 0.6) is 11.5 Å². The van der Waals surface area contributed by atoms with Gasteiger partial charge in [0.2, 0.25) is 0 Å². The summed E-state index contributed by atoms with van der Waals surface area (Å²) in [4.78, 5) is 14.4. The minimum atomic E-state index is -0.880. The Morgan fingerprint density at radius 1 is 1.29 bits per heavy atom. The summed E-state index contributed by atoms with van der Waals surface area (Å²) in [7, 11) is 4.03. The second kappa shape index (κ2) is 5.83. The summed E-state index contributed by atoms with van der Waals surface area (Å²) in [5.74, 6) is 0.898. The summed E-state index contributed by atoms with van der Waals surface area (Å²) < 4.78 is 18.9. The van der Waals surface area contributed by atoms with Crippen molar-refractivity contribution in [2.45, 2.75) is 81.6 Å². The molecule has 0 unspecified atom stereocenters. The van der Waals surface area contributed by atoms with Crippen LogP contribution in [0.2, 0.25) is 0 Å². The Bertz CT molecular complexity index is 985. The molecular formula is C25H33NO5. The van der Waals surface area contributed by atoms with Gasteiger partial charge in [0.05, 0.1) is 5.60 Å². The first kappa shape index (κ1) is 20.0. The smallest absolute Gasteiger partial charge is 0.308 e. The zero-order valence-electron chi connectivity index (χ0n) is 19.2. The Hall–Kier alpha value is -1.63. The molecule has 4 bridgehead atoms. The third kappa shape index (κ3) is 2.08. The maximum Gasteiger partial charge on any atom is 0.308 e. The molecule has 2 heterocycles. The molecule has 1 aromatic rings. The number of esters is 1. The summed E-state index contributed by atoms with van der Waals surface area (Å²) in [5.41, 5.74) is 0.976. The predicted molar refractivity (Wildman–Crippen MR) is 114 cm³/mol. The topological polar surface area (TPSA) is 68.2 Å². The van der Waals surface area contributed by atoms with E-state index in [-0.39, 0.29) is 28.8 Å². The van der Waals surface area contributed by atoms with Crippen LogP contribution in [0.25, 0.3) is 0 Å². The predicted octanol–water partition coefficient (Wildman–Crippen LogP) is 2.83. The molecule has 6 aliphatic rings. The molecule has 6 heteroatoms. The van der Waals surface area contributed by atoms with E-state index in [1.54, 1.807) is 7.11 Å². The SMILES string of the molecule is CO[C@]12CC[C@@]3(C[C@@H]1C(C)(C)O)[C@H]1Cc4ccc(OC(C)=O)c5c4[C@@]3(CCN1C)[C@H]2O5. The molecule has 2 spiro atoms. The number of likely N-dealkylation sites (tertiary alicyclic amines) is 1. The normalized spacial score (nSPS) is 42.2. The lowest BCUT2D eigenvalue weighted by atomic mass is 9.34. The van der Waals surface area contributed by atoms with E-state index in [0.29, 0.717) is 11.8 Å². The van der Waals surface area contributed by atoms with Crippen LogP contribution in [-0.2, 0) is 21.4 Å². The van der Waals surface area contributed by atoms with Gasteiger partial charge in [-0.05, 0) is 71.2 Å². The number of carbonyl (C=O) groups is 1. The number of hydrogen-bond acceptors (Lipinski definition) is 6. The zero-order chi connectivity index (χ0) is 22.0. The van der Waals surface area contributed by atoms with Crippen molar-refractivity contribution in [2.75, 3.05) is 20.7 Å². The molecule has 0 radical (unpaired) electrons. The molecule has 4 fully saturated rings. The lowest BCUT2D eigenvalue weighted by molar-refractivity contribution is -0.298. The number of carbonyl (C=O) groups excluding carboxylic acids is 1. The van der Waals surface area contributed by atoms with Crippen molar-refractivity contribution in [3.63, 3.8) is 0 Å². The second-order valence-corrected chi connectivity index (χ2v) is 11.2. The molecule has 1 N–H and O–H groups in total. The Balaban J connectivity index is 1.65. The van der Waals surface area contributed by atoms with E-state index >= 15 is 0 Å². The molecular weight excluding hydrogens is 394 g/mol. The monoisotopic (exact) mass is 427 g/mol. The van der Waals surface area contributed by atoms with Gasteiger partial charge in [0, 0.05) is 42.4 Å². The number of ether oxygens (including phenoxy) is 3. The van der Waals surface area contributed by atoms with E-state index in [9.17, 15) is 9.90 Å². The van der Waals surface area contributed by atoms with Crippen LogP contribution in [0.1, 0.15) is 57.6 Å². The molecule has 1 saturated heterocycles. The number of rotatable bonds is 3. The van der Waals surface area contributed by atoms with Crippen LogP contribution >= 0.6 is 0 Å². The highest BCUT2D eigenvalue weighted by Gasteiger charge is 2.81.